The predicted molar refractivity (Wildman–Crippen MR) is 108 cm³/mol. The quantitative estimate of drug-likeness (QED) is 0.370. The first-order valence-corrected chi connectivity index (χ1v) is 7.55. The van der Waals surface area contributed by atoms with Gasteiger partial charge in [-0.1, -0.05) is 42.8 Å². The number of aliphatic imine (C=N–C) groups is 1. The molecule has 0 saturated heterocycles. The maximum Gasteiger partial charge on any atom is 0.193 e. The van der Waals surface area contributed by atoms with Gasteiger partial charge in [-0.3, -0.25) is 4.99 Å². The summed E-state index contributed by atoms with van der Waals surface area (Å²) < 4.78 is 0. The summed E-state index contributed by atoms with van der Waals surface area (Å²) in [6, 6.07) is 15.0. The number of hydrogen-bond acceptors (Lipinski definition) is 2. The van der Waals surface area contributed by atoms with Gasteiger partial charge in [-0.15, -0.1) is 24.0 Å². The molecule has 1 atom stereocenters. The Morgan fingerprint density at radius 1 is 1.26 bits per heavy atom. The Morgan fingerprint density at radius 3 is 2.61 bits per heavy atom. The third kappa shape index (κ3) is 6.37. The number of benzene rings is 2. The first-order chi connectivity index (χ1) is 10.6. The molecular weight excluding hydrogens is 425 g/mol. The molecule has 0 radical (unpaired) electrons. The number of hydrogen-bond donors (Lipinski definition) is 3. The van der Waals surface area contributed by atoms with Crippen molar-refractivity contribution in [3.05, 3.63) is 64.7 Å². The van der Waals surface area contributed by atoms with Gasteiger partial charge in [0, 0.05) is 10.7 Å². The minimum Gasteiger partial charge on any atom is -0.386 e. The fourth-order valence-corrected chi connectivity index (χ4v) is 2.16. The molecule has 0 spiro atoms. The van der Waals surface area contributed by atoms with E-state index in [1.54, 1.807) is 24.3 Å². The maximum absolute atomic E-state index is 10.1. The van der Waals surface area contributed by atoms with Crippen molar-refractivity contribution in [1.82, 2.24) is 0 Å². The van der Waals surface area contributed by atoms with Gasteiger partial charge in [0.1, 0.15) is 0 Å². The molecule has 4 N–H and O–H groups in total. The largest absolute Gasteiger partial charge is 0.386 e. The highest BCUT2D eigenvalue weighted by Crippen LogP contribution is 2.16. The number of halogens is 2. The van der Waals surface area contributed by atoms with E-state index in [4.69, 9.17) is 17.3 Å². The maximum atomic E-state index is 10.1. The van der Waals surface area contributed by atoms with Crippen LogP contribution in [-0.4, -0.2) is 17.6 Å². The van der Waals surface area contributed by atoms with Crippen molar-refractivity contribution in [1.29, 1.82) is 0 Å². The minimum atomic E-state index is -0.709. The molecule has 2 aromatic carbocycles. The van der Waals surface area contributed by atoms with E-state index >= 15 is 0 Å². The summed E-state index contributed by atoms with van der Waals surface area (Å²) in [4.78, 5) is 4.17. The number of rotatable bonds is 5. The van der Waals surface area contributed by atoms with Crippen molar-refractivity contribution in [2.75, 3.05) is 11.9 Å². The molecular formula is C17H21ClIN3O. The molecule has 1 unspecified atom stereocenters. The molecule has 0 aliphatic carbocycles. The van der Waals surface area contributed by atoms with Gasteiger partial charge < -0.3 is 16.2 Å². The SMILES string of the molecule is CCc1cccc(NC(N)=NCC(O)c2ccc(Cl)cc2)c1.I. The second-order valence-corrected chi connectivity index (χ2v) is 5.41. The van der Waals surface area contributed by atoms with E-state index in [1.165, 1.54) is 5.56 Å². The fraction of sp³-hybridized carbons (Fsp3) is 0.235. The van der Waals surface area contributed by atoms with Crippen molar-refractivity contribution in [3.63, 3.8) is 0 Å². The zero-order valence-electron chi connectivity index (χ0n) is 12.9. The molecule has 2 rings (SSSR count). The standard InChI is InChI=1S/C17H20ClN3O.HI/c1-2-12-4-3-5-15(10-12)21-17(19)20-11-16(22)13-6-8-14(18)9-7-13;/h3-10,16,22H,2,11H2,1H3,(H3,19,20,21);1H. The van der Waals surface area contributed by atoms with Crippen LogP contribution in [0.25, 0.3) is 0 Å². The van der Waals surface area contributed by atoms with Crippen molar-refractivity contribution >= 4 is 47.2 Å². The van der Waals surface area contributed by atoms with Gasteiger partial charge in [0.15, 0.2) is 5.96 Å². The lowest BCUT2D eigenvalue weighted by molar-refractivity contribution is 0.187. The summed E-state index contributed by atoms with van der Waals surface area (Å²) in [7, 11) is 0. The summed E-state index contributed by atoms with van der Waals surface area (Å²) in [5.74, 6) is 0.279. The van der Waals surface area contributed by atoms with Crippen molar-refractivity contribution in [3.8, 4) is 0 Å². The highest BCUT2D eigenvalue weighted by atomic mass is 127. The molecule has 23 heavy (non-hydrogen) atoms. The number of nitrogens with zero attached hydrogens (tertiary/aromatic N) is 1. The van der Waals surface area contributed by atoms with Crippen LogP contribution in [0.4, 0.5) is 5.69 Å². The zero-order chi connectivity index (χ0) is 15.9. The fourth-order valence-electron chi connectivity index (χ4n) is 2.03. The Bertz CT molecular complexity index is 647. The Hall–Kier alpha value is -1.31. The first-order valence-electron chi connectivity index (χ1n) is 7.18. The molecule has 0 bridgehead atoms. The second-order valence-electron chi connectivity index (χ2n) is 4.97. The molecule has 2 aromatic rings. The van der Waals surface area contributed by atoms with Crippen molar-refractivity contribution in [2.24, 2.45) is 10.7 Å². The number of nitrogens with two attached hydrogens (primary N) is 1. The van der Waals surface area contributed by atoms with Gasteiger partial charge in [-0.05, 0) is 41.8 Å². The number of nitrogens with one attached hydrogen (secondary N) is 1. The number of aryl methyl sites for hydroxylation is 1. The lowest BCUT2D eigenvalue weighted by Crippen LogP contribution is -2.23. The van der Waals surface area contributed by atoms with Crippen LogP contribution in [0.1, 0.15) is 24.2 Å². The summed E-state index contributed by atoms with van der Waals surface area (Å²) in [5.41, 5.74) is 8.72. The van der Waals surface area contributed by atoms with Crippen LogP contribution in [0.15, 0.2) is 53.5 Å². The average Bonchev–Trinajstić information content (AvgIpc) is 2.53. The van der Waals surface area contributed by atoms with Crippen LogP contribution in [0.2, 0.25) is 5.02 Å². The second kappa shape index (κ2) is 9.75. The molecule has 4 nitrogen and oxygen atoms in total. The van der Waals surface area contributed by atoms with E-state index in [9.17, 15) is 5.11 Å². The first kappa shape index (κ1) is 19.7. The molecule has 0 amide bonds. The van der Waals surface area contributed by atoms with Crippen LogP contribution in [0.3, 0.4) is 0 Å². The van der Waals surface area contributed by atoms with Crippen LogP contribution in [0.5, 0.6) is 0 Å². The zero-order valence-corrected chi connectivity index (χ0v) is 16.0. The summed E-state index contributed by atoms with van der Waals surface area (Å²) in [6.07, 6.45) is 0.251. The van der Waals surface area contributed by atoms with Crippen molar-refractivity contribution < 1.29 is 5.11 Å². The number of aliphatic hydroxyl groups is 1. The predicted octanol–water partition coefficient (Wildman–Crippen LogP) is 3.98. The van der Waals surface area contributed by atoms with Gasteiger partial charge in [-0.25, -0.2) is 0 Å². The highest BCUT2D eigenvalue weighted by molar-refractivity contribution is 14.0. The summed E-state index contributed by atoms with van der Waals surface area (Å²) in [6.45, 7) is 2.28. The molecule has 0 aliphatic rings. The Morgan fingerprint density at radius 2 is 1.96 bits per heavy atom. The summed E-state index contributed by atoms with van der Waals surface area (Å²) >= 11 is 5.82. The van der Waals surface area contributed by atoms with E-state index in [0.717, 1.165) is 17.7 Å². The smallest absolute Gasteiger partial charge is 0.193 e. The van der Waals surface area contributed by atoms with E-state index in [0.29, 0.717) is 5.02 Å². The minimum absolute atomic E-state index is 0. The number of aliphatic hydroxyl groups excluding tert-OH is 1. The van der Waals surface area contributed by atoms with Crippen LogP contribution < -0.4 is 11.1 Å². The van der Waals surface area contributed by atoms with E-state index in [-0.39, 0.29) is 36.5 Å². The molecule has 0 heterocycles. The monoisotopic (exact) mass is 445 g/mol. The summed E-state index contributed by atoms with van der Waals surface area (Å²) in [5, 5.41) is 13.7. The average molecular weight is 446 g/mol. The van der Waals surface area contributed by atoms with Gasteiger partial charge in [-0.2, -0.15) is 0 Å². The van der Waals surface area contributed by atoms with Gasteiger partial charge in [0.05, 0.1) is 12.6 Å². The third-order valence-electron chi connectivity index (χ3n) is 3.30. The van der Waals surface area contributed by atoms with Gasteiger partial charge >= 0.3 is 0 Å². The Balaban J connectivity index is 0.00000264. The molecule has 0 saturated carbocycles. The third-order valence-corrected chi connectivity index (χ3v) is 3.55. The molecule has 0 aliphatic heterocycles. The normalized spacial score (nSPS) is 12.4. The van der Waals surface area contributed by atoms with Gasteiger partial charge in [0.2, 0.25) is 0 Å². The molecule has 0 fully saturated rings. The molecule has 124 valence electrons. The Labute approximate surface area is 158 Å². The molecule has 6 heteroatoms. The van der Waals surface area contributed by atoms with E-state index < -0.39 is 6.10 Å². The number of guanidine groups is 1. The van der Waals surface area contributed by atoms with E-state index in [2.05, 4.69) is 23.3 Å². The highest BCUT2D eigenvalue weighted by Gasteiger charge is 2.06. The molecule has 0 aromatic heterocycles. The van der Waals surface area contributed by atoms with E-state index in [1.807, 2.05) is 18.2 Å². The van der Waals surface area contributed by atoms with Gasteiger partial charge in [0.25, 0.3) is 0 Å². The lowest BCUT2D eigenvalue weighted by Gasteiger charge is -2.10. The van der Waals surface area contributed by atoms with Crippen LogP contribution >= 0.6 is 35.6 Å². The van der Waals surface area contributed by atoms with Crippen LogP contribution in [0, 0.1) is 0 Å². The lowest BCUT2D eigenvalue weighted by atomic mass is 10.1. The number of anilines is 1. The topological polar surface area (TPSA) is 70.6 Å². The van der Waals surface area contributed by atoms with Crippen molar-refractivity contribution in [2.45, 2.75) is 19.4 Å². The van der Waals surface area contributed by atoms with Crippen LogP contribution in [-0.2, 0) is 6.42 Å². The Kier molecular flexibility index (Phi) is 8.36.